The van der Waals surface area contributed by atoms with Crippen molar-refractivity contribution in [2.24, 2.45) is 0 Å². The summed E-state index contributed by atoms with van der Waals surface area (Å²) in [5.74, 6) is -5.40. The predicted molar refractivity (Wildman–Crippen MR) is 71.0 cm³/mol. The lowest BCUT2D eigenvalue weighted by Gasteiger charge is -2.08. The highest BCUT2D eigenvalue weighted by Gasteiger charge is 2.22. The minimum atomic E-state index is -1.37. The summed E-state index contributed by atoms with van der Waals surface area (Å²) in [5.41, 5.74) is -0.607. The van der Waals surface area contributed by atoms with Gasteiger partial charge in [0.05, 0.1) is 5.56 Å². The molecular formula is C16H12F4. The zero-order chi connectivity index (χ0) is 14.7. The van der Waals surface area contributed by atoms with Gasteiger partial charge >= 0.3 is 0 Å². The fourth-order valence-corrected chi connectivity index (χ4v) is 1.89. The third kappa shape index (κ3) is 2.59. The van der Waals surface area contributed by atoms with Crippen LogP contribution < -0.4 is 0 Å². The molecule has 104 valence electrons. The van der Waals surface area contributed by atoms with Crippen molar-refractivity contribution in [1.82, 2.24) is 0 Å². The molecule has 0 spiro atoms. The predicted octanol–water partition coefficient (Wildman–Crippen LogP) is 4.98. The first-order chi connectivity index (χ1) is 9.56. The third-order valence-electron chi connectivity index (χ3n) is 2.98. The lowest BCUT2D eigenvalue weighted by Crippen LogP contribution is -2.05. The molecule has 0 heterocycles. The zero-order valence-corrected chi connectivity index (χ0v) is 10.8. The van der Waals surface area contributed by atoms with Crippen molar-refractivity contribution in [3.8, 4) is 0 Å². The SMILES string of the molecule is CCc1c(F)c(F)c(/C=C/c2ccccc2)c(F)c1F. The molecule has 0 aliphatic rings. The van der Waals surface area contributed by atoms with E-state index in [0.29, 0.717) is 5.56 Å². The molecule has 2 rings (SSSR count). The second-order valence-corrected chi connectivity index (χ2v) is 4.25. The molecule has 0 radical (unpaired) electrons. The van der Waals surface area contributed by atoms with Crippen molar-refractivity contribution in [3.05, 3.63) is 70.3 Å². The molecule has 0 N–H and O–H groups in total. The van der Waals surface area contributed by atoms with E-state index in [1.807, 2.05) is 0 Å². The van der Waals surface area contributed by atoms with E-state index in [-0.39, 0.29) is 6.42 Å². The Hall–Kier alpha value is -2.10. The summed E-state index contributed by atoms with van der Waals surface area (Å²) in [5, 5.41) is 0. The monoisotopic (exact) mass is 280 g/mol. The van der Waals surface area contributed by atoms with Crippen LogP contribution in [0.1, 0.15) is 23.6 Å². The molecule has 4 heteroatoms. The van der Waals surface area contributed by atoms with Gasteiger partial charge < -0.3 is 0 Å². The molecule has 2 aromatic rings. The Morgan fingerprint density at radius 3 is 1.85 bits per heavy atom. The molecule has 0 nitrogen and oxygen atoms in total. The maximum absolute atomic E-state index is 13.8. The number of hydrogen-bond acceptors (Lipinski definition) is 0. The van der Waals surface area contributed by atoms with Gasteiger partial charge in [-0.2, -0.15) is 0 Å². The molecule has 0 saturated heterocycles. The van der Waals surface area contributed by atoms with Crippen molar-refractivity contribution in [2.45, 2.75) is 13.3 Å². The maximum Gasteiger partial charge on any atom is 0.169 e. The number of hydrogen-bond donors (Lipinski definition) is 0. The van der Waals surface area contributed by atoms with E-state index in [0.717, 1.165) is 6.08 Å². The van der Waals surface area contributed by atoms with Crippen molar-refractivity contribution in [2.75, 3.05) is 0 Å². The molecule has 0 unspecified atom stereocenters. The Balaban J connectivity index is 2.50. The summed E-state index contributed by atoms with van der Waals surface area (Å²) in [4.78, 5) is 0. The number of benzene rings is 2. The average Bonchev–Trinajstić information content (AvgIpc) is 2.47. The topological polar surface area (TPSA) is 0 Å². The molecule has 0 aliphatic carbocycles. The van der Waals surface area contributed by atoms with E-state index < -0.39 is 34.4 Å². The normalized spacial score (nSPS) is 11.2. The summed E-state index contributed by atoms with van der Waals surface area (Å²) in [6.45, 7) is 1.43. The van der Waals surface area contributed by atoms with Gasteiger partial charge in [-0.1, -0.05) is 43.3 Å². The Morgan fingerprint density at radius 1 is 0.800 bits per heavy atom. The van der Waals surface area contributed by atoms with Gasteiger partial charge in [0.1, 0.15) is 0 Å². The largest absolute Gasteiger partial charge is 0.203 e. The van der Waals surface area contributed by atoms with Gasteiger partial charge in [0.2, 0.25) is 0 Å². The average molecular weight is 280 g/mol. The van der Waals surface area contributed by atoms with Gasteiger partial charge in [-0.3, -0.25) is 0 Å². The van der Waals surface area contributed by atoms with E-state index in [1.54, 1.807) is 30.3 Å². The third-order valence-corrected chi connectivity index (χ3v) is 2.98. The molecule has 0 aromatic heterocycles. The van der Waals surface area contributed by atoms with Gasteiger partial charge in [0, 0.05) is 5.56 Å². The first kappa shape index (κ1) is 14.3. The van der Waals surface area contributed by atoms with Crippen molar-refractivity contribution in [1.29, 1.82) is 0 Å². The fraction of sp³-hybridized carbons (Fsp3) is 0.125. The maximum atomic E-state index is 13.8. The van der Waals surface area contributed by atoms with Crippen LogP contribution in [0.3, 0.4) is 0 Å². The van der Waals surface area contributed by atoms with Crippen LogP contribution in [0.25, 0.3) is 12.2 Å². The highest BCUT2D eigenvalue weighted by molar-refractivity contribution is 5.70. The summed E-state index contributed by atoms with van der Waals surface area (Å²) in [7, 11) is 0. The van der Waals surface area contributed by atoms with Crippen LogP contribution in [0.15, 0.2) is 30.3 Å². The van der Waals surface area contributed by atoms with Gasteiger partial charge in [0.25, 0.3) is 0 Å². The smallest absolute Gasteiger partial charge is 0.169 e. The van der Waals surface area contributed by atoms with Gasteiger partial charge in [-0.05, 0) is 18.1 Å². The van der Waals surface area contributed by atoms with Crippen LogP contribution in [0, 0.1) is 23.3 Å². The lowest BCUT2D eigenvalue weighted by molar-refractivity contribution is 0.438. The molecular weight excluding hydrogens is 268 g/mol. The van der Waals surface area contributed by atoms with Crippen molar-refractivity contribution in [3.63, 3.8) is 0 Å². The minimum Gasteiger partial charge on any atom is -0.203 e. The Bertz CT molecular complexity index is 616. The van der Waals surface area contributed by atoms with Crippen LogP contribution >= 0.6 is 0 Å². The molecule has 0 saturated carbocycles. The fourth-order valence-electron chi connectivity index (χ4n) is 1.89. The van der Waals surface area contributed by atoms with Gasteiger partial charge in [0.15, 0.2) is 23.3 Å². The zero-order valence-electron chi connectivity index (χ0n) is 10.8. The van der Waals surface area contributed by atoms with Crippen LogP contribution in [-0.4, -0.2) is 0 Å². The Morgan fingerprint density at radius 2 is 1.35 bits per heavy atom. The molecule has 0 fully saturated rings. The van der Waals surface area contributed by atoms with Crippen LogP contribution in [0.4, 0.5) is 17.6 Å². The highest BCUT2D eigenvalue weighted by Crippen LogP contribution is 2.26. The molecule has 0 bridgehead atoms. The summed E-state index contributed by atoms with van der Waals surface area (Å²) >= 11 is 0. The van der Waals surface area contributed by atoms with E-state index in [9.17, 15) is 17.6 Å². The highest BCUT2D eigenvalue weighted by atomic mass is 19.2. The van der Waals surface area contributed by atoms with E-state index in [2.05, 4.69) is 0 Å². The minimum absolute atomic E-state index is 0.117. The first-order valence-electron chi connectivity index (χ1n) is 6.14. The molecule has 20 heavy (non-hydrogen) atoms. The standard InChI is InChI=1S/C16H12F4/c1-2-11-13(17)15(19)12(16(20)14(11)18)9-8-10-6-4-3-5-7-10/h3-9H,2H2,1H3/b9-8+. The van der Waals surface area contributed by atoms with Crippen LogP contribution in [0.5, 0.6) is 0 Å². The van der Waals surface area contributed by atoms with Gasteiger partial charge in [-0.25, -0.2) is 17.6 Å². The van der Waals surface area contributed by atoms with Crippen molar-refractivity contribution < 1.29 is 17.6 Å². The van der Waals surface area contributed by atoms with E-state index in [1.165, 1.54) is 13.0 Å². The summed E-state index contributed by atoms with van der Waals surface area (Å²) in [6, 6.07) is 8.69. The molecule has 0 aliphatic heterocycles. The van der Waals surface area contributed by atoms with E-state index in [4.69, 9.17) is 0 Å². The Kier molecular flexibility index (Phi) is 4.23. The van der Waals surface area contributed by atoms with Crippen LogP contribution in [0.2, 0.25) is 0 Å². The van der Waals surface area contributed by atoms with E-state index >= 15 is 0 Å². The lowest BCUT2D eigenvalue weighted by atomic mass is 10.0. The number of rotatable bonds is 3. The van der Waals surface area contributed by atoms with Gasteiger partial charge in [-0.15, -0.1) is 0 Å². The Labute approximate surface area is 114 Å². The second-order valence-electron chi connectivity index (χ2n) is 4.25. The second kappa shape index (κ2) is 5.90. The molecule has 0 atom stereocenters. The molecule has 2 aromatic carbocycles. The summed E-state index contributed by atoms with van der Waals surface area (Å²) < 4.78 is 54.7. The van der Waals surface area contributed by atoms with Crippen molar-refractivity contribution >= 4 is 12.2 Å². The van der Waals surface area contributed by atoms with Crippen LogP contribution in [-0.2, 0) is 6.42 Å². The quantitative estimate of drug-likeness (QED) is 0.423. The molecule has 0 amide bonds. The first-order valence-corrected chi connectivity index (χ1v) is 6.14. The summed E-state index contributed by atoms with van der Waals surface area (Å²) in [6.07, 6.45) is 2.31. The number of halogens is 4.